The summed E-state index contributed by atoms with van der Waals surface area (Å²) in [5, 5.41) is 20.8. The second-order valence-corrected chi connectivity index (χ2v) is 7.18. The minimum atomic E-state index is -0.821. The van der Waals surface area contributed by atoms with Crippen molar-refractivity contribution in [3.8, 4) is 17.2 Å². The van der Waals surface area contributed by atoms with E-state index >= 15 is 0 Å². The van der Waals surface area contributed by atoms with Crippen LogP contribution in [0.4, 0.5) is 0 Å². The number of likely N-dealkylation sites (tertiary alicyclic amines) is 1. The summed E-state index contributed by atoms with van der Waals surface area (Å²) >= 11 is 6.05. The van der Waals surface area contributed by atoms with E-state index in [9.17, 15) is 19.8 Å². The van der Waals surface area contributed by atoms with Gasteiger partial charge in [0.25, 0.3) is 11.7 Å². The van der Waals surface area contributed by atoms with Crippen LogP contribution in [0.25, 0.3) is 5.76 Å². The van der Waals surface area contributed by atoms with Crippen molar-refractivity contribution in [1.82, 2.24) is 4.90 Å². The summed E-state index contributed by atoms with van der Waals surface area (Å²) in [6.45, 7) is 2.29. The topological polar surface area (TPSA) is 96.3 Å². The fourth-order valence-corrected chi connectivity index (χ4v) is 3.78. The molecule has 0 spiro atoms. The molecule has 7 nitrogen and oxygen atoms in total. The number of ketones is 1. The zero-order valence-corrected chi connectivity index (χ0v) is 16.3. The van der Waals surface area contributed by atoms with Crippen molar-refractivity contribution in [2.45, 2.75) is 19.4 Å². The van der Waals surface area contributed by atoms with Crippen LogP contribution in [0.5, 0.6) is 17.2 Å². The van der Waals surface area contributed by atoms with Gasteiger partial charge in [-0.25, -0.2) is 0 Å². The molecule has 8 heteroatoms. The van der Waals surface area contributed by atoms with Gasteiger partial charge in [0.15, 0.2) is 11.5 Å². The van der Waals surface area contributed by atoms with Crippen molar-refractivity contribution >= 4 is 29.1 Å². The maximum Gasteiger partial charge on any atom is 0.295 e. The summed E-state index contributed by atoms with van der Waals surface area (Å²) in [5.41, 5.74) is 0.811. The molecule has 2 aromatic carbocycles. The number of hydrogen-bond donors (Lipinski definition) is 2. The molecular weight excluding hydrogens is 398 g/mol. The highest BCUT2D eigenvalue weighted by atomic mass is 35.5. The van der Waals surface area contributed by atoms with Gasteiger partial charge in [0.2, 0.25) is 6.79 Å². The van der Waals surface area contributed by atoms with Crippen LogP contribution in [0.15, 0.2) is 42.0 Å². The van der Waals surface area contributed by atoms with E-state index in [2.05, 4.69) is 0 Å². The molecule has 1 unspecified atom stereocenters. The molecule has 29 heavy (non-hydrogen) atoms. The highest BCUT2D eigenvalue weighted by molar-refractivity contribution is 6.46. The van der Waals surface area contributed by atoms with Crippen molar-refractivity contribution < 1.29 is 29.3 Å². The number of phenolic OH excluding ortho intramolecular Hbond substituents is 1. The second kappa shape index (κ2) is 7.33. The molecule has 1 amide bonds. The Bertz CT molecular complexity index is 1050. The molecule has 1 atom stereocenters. The largest absolute Gasteiger partial charge is 0.507 e. The number of fused-ring (bicyclic) bond motifs is 1. The molecule has 1 saturated heterocycles. The van der Waals surface area contributed by atoms with Crippen molar-refractivity contribution in [2.24, 2.45) is 0 Å². The number of halogens is 1. The zero-order chi connectivity index (χ0) is 20.7. The molecule has 150 valence electrons. The molecular formula is C21H18ClNO6. The number of phenols is 1. The number of nitrogens with zero attached hydrogens (tertiary/aromatic N) is 1. The Kier molecular flexibility index (Phi) is 4.84. The van der Waals surface area contributed by atoms with Crippen LogP contribution in [0, 0.1) is 0 Å². The number of aliphatic hydroxyl groups is 1. The predicted molar refractivity (Wildman–Crippen MR) is 105 cm³/mol. The molecule has 4 rings (SSSR count). The minimum Gasteiger partial charge on any atom is -0.507 e. The number of Topliss-reactive ketones (excluding diaryl/α,β-unsaturated/α-hetero) is 1. The number of hydrogen-bond acceptors (Lipinski definition) is 6. The molecule has 2 N–H and O–H groups in total. The quantitative estimate of drug-likeness (QED) is 0.450. The van der Waals surface area contributed by atoms with E-state index in [1.165, 1.54) is 17.0 Å². The first-order chi connectivity index (χ1) is 13.9. The fourth-order valence-electron chi connectivity index (χ4n) is 3.59. The van der Waals surface area contributed by atoms with E-state index in [0.717, 1.165) is 0 Å². The number of ether oxygens (including phenoxy) is 2. The molecule has 2 heterocycles. The maximum absolute atomic E-state index is 12.8. The van der Waals surface area contributed by atoms with Crippen molar-refractivity contribution in [3.05, 3.63) is 58.1 Å². The standard InChI is InChI=1S/C21H18ClNO6/c1-2-7-23-18(11-3-5-14(24)13(22)8-11)17(20(26)21(23)27)19(25)12-4-6-15-16(9-12)29-10-28-15/h3-6,8-9,18,24-25H,2,7,10H2,1H3/b19-17-. The van der Waals surface area contributed by atoms with Crippen molar-refractivity contribution in [1.29, 1.82) is 0 Å². The Morgan fingerprint density at radius 1 is 1.17 bits per heavy atom. The number of carbonyl (C=O) groups excluding carboxylic acids is 2. The second-order valence-electron chi connectivity index (χ2n) is 6.77. The highest BCUT2D eigenvalue weighted by Gasteiger charge is 2.45. The third kappa shape index (κ3) is 3.17. The van der Waals surface area contributed by atoms with Crippen LogP contribution in [-0.4, -0.2) is 40.1 Å². The monoisotopic (exact) mass is 415 g/mol. The third-order valence-electron chi connectivity index (χ3n) is 4.94. The minimum absolute atomic E-state index is 0.0379. The maximum atomic E-state index is 12.8. The van der Waals surface area contributed by atoms with Gasteiger partial charge in [-0.3, -0.25) is 9.59 Å². The third-order valence-corrected chi connectivity index (χ3v) is 5.24. The molecule has 0 bridgehead atoms. The number of aliphatic hydroxyl groups excluding tert-OH is 1. The first-order valence-electron chi connectivity index (χ1n) is 9.09. The molecule has 0 saturated carbocycles. The van der Waals surface area contributed by atoms with E-state index in [1.54, 1.807) is 24.3 Å². The van der Waals surface area contributed by atoms with Gasteiger partial charge in [-0.05, 0) is 42.3 Å². The van der Waals surface area contributed by atoms with Gasteiger partial charge in [-0.15, -0.1) is 0 Å². The van der Waals surface area contributed by atoms with Crippen LogP contribution in [0.1, 0.15) is 30.5 Å². The average molecular weight is 416 g/mol. The SMILES string of the molecule is CCCN1C(=O)C(=O)/C(=C(\O)c2ccc3c(c2)OCO3)C1c1ccc(O)c(Cl)c1. The molecule has 0 radical (unpaired) electrons. The summed E-state index contributed by atoms with van der Waals surface area (Å²) < 4.78 is 10.6. The predicted octanol–water partition coefficient (Wildman–Crippen LogP) is 3.61. The molecule has 0 aliphatic carbocycles. The van der Waals surface area contributed by atoms with E-state index in [4.69, 9.17) is 21.1 Å². The molecule has 0 aromatic heterocycles. The summed E-state index contributed by atoms with van der Waals surface area (Å²) in [6.07, 6.45) is 0.624. The van der Waals surface area contributed by atoms with Crippen LogP contribution in [0.2, 0.25) is 5.02 Å². The van der Waals surface area contributed by atoms with E-state index in [0.29, 0.717) is 35.6 Å². The number of aromatic hydroxyl groups is 1. The average Bonchev–Trinajstić information content (AvgIpc) is 3.27. The lowest BCUT2D eigenvalue weighted by molar-refractivity contribution is -0.139. The van der Waals surface area contributed by atoms with Crippen LogP contribution in [-0.2, 0) is 9.59 Å². The Balaban J connectivity index is 1.87. The number of amides is 1. The fraction of sp³-hybridized carbons (Fsp3) is 0.238. The Morgan fingerprint density at radius 3 is 2.66 bits per heavy atom. The summed E-state index contributed by atoms with van der Waals surface area (Å²) in [4.78, 5) is 26.9. The summed E-state index contributed by atoms with van der Waals surface area (Å²) in [7, 11) is 0. The first kappa shape index (κ1) is 19.1. The molecule has 1 fully saturated rings. The summed E-state index contributed by atoms with van der Waals surface area (Å²) in [6, 6.07) is 8.42. The lowest BCUT2D eigenvalue weighted by Gasteiger charge is -2.25. The van der Waals surface area contributed by atoms with Gasteiger partial charge < -0.3 is 24.6 Å². The Labute approximate surface area is 171 Å². The molecule has 2 aliphatic heterocycles. The van der Waals surface area contributed by atoms with Gasteiger partial charge in [-0.2, -0.15) is 0 Å². The Hall–Kier alpha value is -3.19. The van der Waals surface area contributed by atoms with Gasteiger partial charge in [0, 0.05) is 12.1 Å². The highest BCUT2D eigenvalue weighted by Crippen LogP contribution is 2.42. The van der Waals surface area contributed by atoms with Crippen LogP contribution < -0.4 is 9.47 Å². The number of rotatable bonds is 4. The molecule has 2 aromatic rings. The number of carbonyl (C=O) groups is 2. The van der Waals surface area contributed by atoms with Gasteiger partial charge in [-0.1, -0.05) is 24.6 Å². The lowest BCUT2D eigenvalue weighted by atomic mass is 9.95. The van der Waals surface area contributed by atoms with E-state index < -0.39 is 17.7 Å². The molecule has 2 aliphatic rings. The van der Waals surface area contributed by atoms with E-state index in [-0.39, 0.29) is 28.9 Å². The normalized spacial score (nSPS) is 19.8. The first-order valence-corrected chi connectivity index (χ1v) is 9.47. The lowest BCUT2D eigenvalue weighted by Crippen LogP contribution is -2.30. The van der Waals surface area contributed by atoms with Gasteiger partial charge in [0.1, 0.15) is 11.5 Å². The van der Waals surface area contributed by atoms with Crippen molar-refractivity contribution in [2.75, 3.05) is 13.3 Å². The zero-order valence-electron chi connectivity index (χ0n) is 15.5. The van der Waals surface area contributed by atoms with Gasteiger partial charge in [0.05, 0.1) is 16.6 Å². The van der Waals surface area contributed by atoms with Crippen molar-refractivity contribution in [3.63, 3.8) is 0 Å². The van der Waals surface area contributed by atoms with Gasteiger partial charge >= 0.3 is 0 Å². The summed E-state index contributed by atoms with van der Waals surface area (Å²) in [5.74, 6) is -0.907. The number of benzene rings is 2. The smallest absolute Gasteiger partial charge is 0.295 e. The van der Waals surface area contributed by atoms with Crippen LogP contribution >= 0.6 is 11.6 Å². The Morgan fingerprint density at radius 2 is 1.93 bits per heavy atom. The van der Waals surface area contributed by atoms with Crippen LogP contribution in [0.3, 0.4) is 0 Å². The van der Waals surface area contributed by atoms with E-state index in [1.807, 2.05) is 6.92 Å².